The van der Waals surface area contributed by atoms with Crippen LogP contribution in [0.1, 0.15) is 0 Å². The quantitative estimate of drug-likeness (QED) is 0.179. The average Bonchev–Trinajstić information content (AvgIpc) is 3.14. The van der Waals surface area contributed by atoms with Gasteiger partial charge in [0.05, 0.1) is 5.69 Å². The lowest BCUT2D eigenvalue weighted by molar-refractivity contribution is 0.360. The van der Waals surface area contributed by atoms with Gasteiger partial charge in [-0.2, -0.15) is 0 Å². The Hall–Kier alpha value is -6.05. The van der Waals surface area contributed by atoms with Crippen molar-refractivity contribution in [3.8, 4) is 57.2 Å². The predicted octanol–water partition coefficient (Wildman–Crippen LogP) is 9.38. The number of hydrogen-bond acceptors (Lipinski definition) is 6. The molecule has 6 aromatic carbocycles. The summed E-state index contributed by atoms with van der Waals surface area (Å²) in [6.07, 6.45) is 0. The Morgan fingerprint density at radius 1 is 0.438 bits per heavy atom. The van der Waals surface area contributed by atoms with Gasteiger partial charge >= 0.3 is 0 Å². The number of ether oxygens (including phenoxy) is 2. The van der Waals surface area contributed by atoms with Crippen LogP contribution >= 0.6 is 0 Å². The summed E-state index contributed by atoms with van der Waals surface area (Å²) in [7, 11) is -1.89. The van der Waals surface area contributed by atoms with Gasteiger partial charge in [0, 0.05) is 34.1 Å². The van der Waals surface area contributed by atoms with Gasteiger partial charge in [-0.05, 0) is 52.8 Å². The van der Waals surface area contributed by atoms with E-state index in [2.05, 4.69) is 78.7 Å². The smallest absolute Gasteiger partial charge is 0.172 e. The summed E-state index contributed by atoms with van der Waals surface area (Å²) in [6.45, 7) is 4.86. The molecule has 1 aromatic heterocycles. The zero-order valence-corrected chi connectivity index (χ0v) is 27.5. The topological polar surface area (TPSA) is 60.4 Å². The van der Waals surface area contributed by atoms with Crippen molar-refractivity contribution in [3.05, 3.63) is 146 Å². The summed E-state index contributed by atoms with van der Waals surface area (Å²) >= 11 is 0. The molecule has 0 atom stereocenters. The normalized spacial score (nSPS) is 13.7. The Kier molecular flexibility index (Phi) is 6.48. The summed E-state index contributed by atoms with van der Waals surface area (Å²) in [5.41, 5.74) is 6.09. The molecule has 3 heterocycles. The summed E-state index contributed by atoms with van der Waals surface area (Å²) in [5, 5.41) is 2.83. The van der Waals surface area contributed by atoms with Crippen LogP contribution in [0, 0.1) is 0 Å². The Labute approximate surface area is 280 Å². The van der Waals surface area contributed by atoms with E-state index in [9.17, 15) is 0 Å². The van der Waals surface area contributed by atoms with Crippen molar-refractivity contribution in [1.82, 2.24) is 15.0 Å². The van der Waals surface area contributed by atoms with E-state index in [-0.39, 0.29) is 0 Å². The van der Waals surface area contributed by atoms with Gasteiger partial charge in [0.1, 0.15) is 8.07 Å². The maximum Gasteiger partial charge on any atom is 0.172 e. The highest BCUT2D eigenvalue weighted by molar-refractivity contribution is 7.02. The molecule has 0 aliphatic carbocycles. The number of hydrogen-bond donors (Lipinski definition) is 0. The Bertz CT molecular complexity index is 2240. The fourth-order valence-corrected chi connectivity index (χ4v) is 9.72. The molecule has 7 heteroatoms. The minimum atomic E-state index is -1.89. The number of anilines is 3. The van der Waals surface area contributed by atoms with Crippen LogP contribution in [0.5, 0.6) is 23.0 Å². The molecule has 0 fully saturated rings. The number of fused-ring (bicyclic) bond motifs is 4. The molecule has 2 aliphatic rings. The van der Waals surface area contributed by atoms with Crippen LogP contribution in [0.4, 0.5) is 17.1 Å². The highest BCUT2D eigenvalue weighted by atomic mass is 28.3. The average molecular weight is 639 g/mol. The van der Waals surface area contributed by atoms with Crippen LogP contribution in [-0.2, 0) is 0 Å². The fraction of sp³-hybridized carbons (Fsp3) is 0.0488. The van der Waals surface area contributed by atoms with Crippen LogP contribution in [-0.4, -0.2) is 23.0 Å². The molecular weight excluding hydrogens is 609 g/mol. The van der Waals surface area contributed by atoms with Crippen molar-refractivity contribution in [2.24, 2.45) is 0 Å². The highest BCUT2D eigenvalue weighted by Gasteiger charge is 2.38. The van der Waals surface area contributed by atoms with Crippen LogP contribution in [0.2, 0.25) is 13.1 Å². The van der Waals surface area contributed by atoms with E-state index in [4.69, 9.17) is 24.4 Å². The zero-order chi connectivity index (χ0) is 32.2. The molecule has 6 nitrogen and oxygen atoms in total. The number of aromatic nitrogens is 3. The fourth-order valence-electron chi connectivity index (χ4n) is 6.73. The van der Waals surface area contributed by atoms with E-state index < -0.39 is 8.07 Å². The second kappa shape index (κ2) is 11.0. The monoisotopic (exact) mass is 638 g/mol. The molecule has 0 radical (unpaired) electrons. The van der Waals surface area contributed by atoms with Gasteiger partial charge in [-0.25, -0.2) is 15.0 Å². The molecule has 0 unspecified atom stereocenters. The van der Waals surface area contributed by atoms with Crippen molar-refractivity contribution in [1.29, 1.82) is 0 Å². The molecule has 0 saturated carbocycles. The van der Waals surface area contributed by atoms with Crippen LogP contribution in [0.3, 0.4) is 0 Å². The number of para-hydroxylation sites is 2. The Morgan fingerprint density at radius 3 is 1.48 bits per heavy atom. The van der Waals surface area contributed by atoms with Gasteiger partial charge in [-0.3, -0.25) is 0 Å². The molecule has 7 aromatic rings. The summed E-state index contributed by atoms with van der Waals surface area (Å²) in [5.74, 6) is 4.34. The van der Waals surface area contributed by atoms with E-state index in [0.717, 1.165) is 22.4 Å². The first kappa shape index (κ1) is 28.2. The van der Waals surface area contributed by atoms with Gasteiger partial charge in [-0.1, -0.05) is 110 Å². The molecule has 9 rings (SSSR count). The molecule has 230 valence electrons. The third kappa shape index (κ3) is 4.67. The standard InChI is InChI=1S/C41H30N4O2Si/c1-48(2)37-19-11-9-17-31(37)45(32-18-10-12-20-38(32)48)30-22-24-34-36(26-30)47-35-25-29(21-23-33(35)46-34)41-43-39(27-13-5-3-6-14-27)42-40(44-41)28-15-7-4-8-16-28/h3-26H,1-2H3. The minimum Gasteiger partial charge on any atom is -0.450 e. The minimum absolute atomic E-state index is 0.557. The van der Waals surface area contributed by atoms with E-state index in [0.29, 0.717) is 40.5 Å². The van der Waals surface area contributed by atoms with Crippen LogP contribution < -0.4 is 24.7 Å². The van der Waals surface area contributed by atoms with Crippen molar-refractivity contribution in [2.45, 2.75) is 13.1 Å². The van der Waals surface area contributed by atoms with Crippen molar-refractivity contribution in [2.75, 3.05) is 4.90 Å². The van der Waals surface area contributed by atoms with Gasteiger partial charge in [0.25, 0.3) is 0 Å². The highest BCUT2D eigenvalue weighted by Crippen LogP contribution is 2.49. The maximum atomic E-state index is 6.60. The van der Waals surface area contributed by atoms with Crippen LogP contribution in [0.25, 0.3) is 34.2 Å². The second-order valence-corrected chi connectivity index (χ2v) is 16.9. The first-order valence-electron chi connectivity index (χ1n) is 16.0. The first-order valence-corrected chi connectivity index (χ1v) is 19.0. The largest absolute Gasteiger partial charge is 0.450 e. The molecule has 0 N–H and O–H groups in total. The Morgan fingerprint density at radius 2 is 0.896 bits per heavy atom. The molecule has 2 aliphatic heterocycles. The van der Waals surface area contributed by atoms with Gasteiger partial charge in [0.15, 0.2) is 40.5 Å². The van der Waals surface area contributed by atoms with E-state index in [1.165, 1.54) is 21.7 Å². The third-order valence-corrected chi connectivity index (χ3v) is 12.7. The zero-order valence-electron chi connectivity index (χ0n) is 26.5. The lowest BCUT2D eigenvalue weighted by Gasteiger charge is -2.41. The molecule has 0 saturated heterocycles. The second-order valence-electron chi connectivity index (χ2n) is 12.5. The molecule has 0 spiro atoms. The maximum absolute atomic E-state index is 6.60. The van der Waals surface area contributed by atoms with Gasteiger partial charge < -0.3 is 14.4 Å². The Balaban J connectivity index is 1.11. The van der Waals surface area contributed by atoms with Crippen molar-refractivity contribution < 1.29 is 9.47 Å². The number of nitrogens with zero attached hydrogens (tertiary/aromatic N) is 4. The molecule has 48 heavy (non-hydrogen) atoms. The van der Waals surface area contributed by atoms with Crippen molar-refractivity contribution in [3.63, 3.8) is 0 Å². The number of benzene rings is 6. The lowest BCUT2D eigenvalue weighted by atomic mass is 10.1. The van der Waals surface area contributed by atoms with Gasteiger partial charge in [0.2, 0.25) is 0 Å². The first-order chi connectivity index (χ1) is 23.5. The molecule has 0 bridgehead atoms. The predicted molar refractivity (Wildman–Crippen MR) is 194 cm³/mol. The van der Waals surface area contributed by atoms with E-state index >= 15 is 0 Å². The summed E-state index contributed by atoms with van der Waals surface area (Å²) in [6, 6.07) is 49.5. The third-order valence-electron chi connectivity index (χ3n) is 9.16. The molecule has 0 amide bonds. The van der Waals surface area contributed by atoms with Crippen LogP contribution in [0.15, 0.2) is 146 Å². The lowest BCUT2D eigenvalue weighted by Crippen LogP contribution is -2.58. The number of rotatable bonds is 4. The van der Waals surface area contributed by atoms with Crippen molar-refractivity contribution >= 4 is 35.5 Å². The molecular formula is C41H30N4O2Si. The summed E-state index contributed by atoms with van der Waals surface area (Å²) < 4.78 is 13.0. The SMILES string of the molecule is C[Si]1(C)c2ccccc2N(c2ccc3c(c2)Oc2cc(-c4nc(-c5ccccc5)nc(-c5ccccc5)n4)ccc2O3)c2ccccc21. The van der Waals surface area contributed by atoms with E-state index in [1.807, 2.05) is 84.9 Å². The summed E-state index contributed by atoms with van der Waals surface area (Å²) in [4.78, 5) is 17.0. The van der Waals surface area contributed by atoms with Gasteiger partial charge in [-0.15, -0.1) is 0 Å². The van der Waals surface area contributed by atoms with E-state index in [1.54, 1.807) is 0 Å².